The van der Waals surface area contributed by atoms with Gasteiger partial charge in [0.25, 0.3) is 0 Å². The quantitative estimate of drug-likeness (QED) is 0.102. The first kappa shape index (κ1) is 34.7. The first-order valence-electron chi connectivity index (χ1n) is 12.3. The van der Waals surface area contributed by atoms with E-state index >= 15 is 0 Å². The first-order chi connectivity index (χ1) is 14.5. The van der Waals surface area contributed by atoms with Gasteiger partial charge in [0.2, 0.25) is 0 Å². The van der Waals surface area contributed by atoms with Gasteiger partial charge in [-0.3, -0.25) is 0 Å². The van der Waals surface area contributed by atoms with Crippen LogP contribution in [0.2, 0.25) is 0 Å². The molecule has 0 aromatic carbocycles. The van der Waals surface area contributed by atoms with Crippen LogP contribution < -0.4 is 0 Å². The molecule has 178 valence electrons. The first-order valence-corrected chi connectivity index (χ1v) is 12.3. The molecular formula is C26H48O4Zn. The average Bonchev–Trinajstić information content (AvgIpc) is 2.71. The Kier molecular flexibility index (Phi) is 34.9. The van der Waals surface area contributed by atoms with Crippen LogP contribution in [0.1, 0.15) is 129 Å². The fourth-order valence-electron chi connectivity index (χ4n) is 3.16. The van der Waals surface area contributed by atoms with Gasteiger partial charge in [-0.2, -0.15) is 0 Å². The maximum atomic E-state index is 10.1. The molecule has 0 rings (SSSR count). The molecule has 5 heteroatoms. The normalized spacial score (nSPS) is 10.6. The standard InChI is InChI=1S/2C13H24O2.Zn/c2*1-2-3-4-5-6-7-8-9-10-11-12-13(14)15;/h2*11-12H,2-10H2,1H3,(H,14,15);. The minimum atomic E-state index is -0.838. The van der Waals surface area contributed by atoms with Gasteiger partial charge in [-0.25, -0.2) is 9.59 Å². The zero-order chi connectivity index (χ0) is 22.7. The van der Waals surface area contributed by atoms with Gasteiger partial charge in [0.1, 0.15) is 0 Å². The monoisotopic (exact) mass is 488 g/mol. The third kappa shape index (κ3) is 40.0. The van der Waals surface area contributed by atoms with E-state index in [4.69, 9.17) is 10.2 Å². The van der Waals surface area contributed by atoms with Crippen LogP contribution in [0.4, 0.5) is 0 Å². The Labute approximate surface area is 204 Å². The number of carboxylic acid groups (broad SMARTS) is 2. The second kappa shape index (κ2) is 31.2. The van der Waals surface area contributed by atoms with Crippen molar-refractivity contribution in [3.63, 3.8) is 0 Å². The van der Waals surface area contributed by atoms with Gasteiger partial charge in [0.05, 0.1) is 0 Å². The van der Waals surface area contributed by atoms with Crippen molar-refractivity contribution in [1.82, 2.24) is 0 Å². The zero-order valence-corrected chi connectivity index (χ0v) is 23.4. The van der Waals surface area contributed by atoms with E-state index in [1.807, 2.05) is 0 Å². The molecule has 0 amide bonds. The molecule has 0 saturated carbocycles. The fraction of sp³-hybridized carbons (Fsp3) is 0.769. The molecule has 0 aliphatic carbocycles. The molecule has 0 aromatic rings. The Hall–Kier alpha value is -0.957. The number of carbonyl (C=O) groups is 2. The Morgan fingerprint density at radius 2 is 0.774 bits per heavy atom. The van der Waals surface area contributed by atoms with Crippen LogP contribution in [0.3, 0.4) is 0 Å². The largest absolute Gasteiger partial charge is 0.478 e. The van der Waals surface area contributed by atoms with Gasteiger partial charge < -0.3 is 10.2 Å². The van der Waals surface area contributed by atoms with Crippen LogP contribution in [0, 0.1) is 0 Å². The zero-order valence-electron chi connectivity index (χ0n) is 20.5. The minimum absolute atomic E-state index is 0. The second-order valence-corrected chi connectivity index (χ2v) is 8.01. The molecule has 0 atom stereocenters. The smallest absolute Gasteiger partial charge is 0.327 e. The molecular weight excluding hydrogens is 442 g/mol. The summed E-state index contributed by atoms with van der Waals surface area (Å²) < 4.78 is 0. The summed E-state index contributed by atoms with van der Waals surface area (Å²) in [5.41, 5.74) is 0. The van der Waals surface area contributed by atoms with E-state index in [1.165, 1.54) is 102 Å². The predicted octanol–water partition coefficient (Wildman–Crippen LogP) is 8.31. The Morgan fingerprint density at radius 1 is 0.516 bits per heavy atom. The van der Waals surface area contributed by atoms with E-state index < -0.39 is 11.9 Å². The maximum absolute atomic E-state index is 10.1. The van der Waals surface area contributed by atoms with Crippen molar-refractivity contribution in [3.05, 3.63) is 24.3 Å². The molecule has 0 aromatic heterocycles. The van der Waals surface area contributed by atoms with E-state index in [1.54, 1.807) is 12.2 Å². The van der Waals surface area contributed by atoms with Crippen LogP contribution in [0.15, 0.2) is 24.3 Å². The maximum Gasteiger partial charge on any atom is 0.327 e. The summed E-state index contributed by atoms with van der Waals surface area (Å²) in [6.45, 7) is 4.46. The van der Waals surface area contributed by atoms with Crippen LogP contribution in [0.25, 0.3) is 0 Å². The van der Waals surface area contributed by atoms with E-state index in [0.717, 1.165) is 25.7 Å². The summed E-state index contributed by atoms with van der Waals surface area (Å²) in [5.74, 6) is -1.68. The van der Waals surface area contributed by atoms with E-state index in [9.17, 15) is 9.59 Å². The van der Waals surface area contributed by atoms with Crippen LogP contribution in [-0.4, -0.2) is 22.2 Å². The van der Waals surface area contributed by atoms with Crippen molar-refractivity contribution in [2.24, 2.45) is 0 Å². The van der Waals surface area contributed by atoms with Crippen molar-refractivity contribution in [1.29, 1.82) is 0 Å². The van der Waals surface area contributed by atoms with Gasteiger partial charge in [0, 0.05) is 31.6 Å². The number of hydrogen-bond donors (Lipinski definition) is 2. The third-order valence-corrected chi connectivity index (χ3v) is 4.97. The van der Waals surface area contributed by atoms with Crippen molar-refractivity contribution < 1.29 is 39.3 Å². The number of unbranched alkanes of at least 4 members (excludes halogenated alkanes) is 16. The Morgan fingerprint density at radius 3 is 1.03 bits per heavy atom. The van der Waals surface area contributed by atoms with E-state index in [0.29, 0.717) is 0 Å². The SMILES string of the molecule is CCCCCCCCCCC=CC(=O)O.CCCCCCCCCCC=CC(=O)O.[Zn]. The van der Waals surface area contributed by atoms with Gasteiger partial charge in [0.15, 0.2) is 0 Å². The summed E-state index contributed by atoms with van der Waals surface area (Å²) >= 11 is 0. The molecule has 0 saturated heterocycles. The Balaban J connectivity index is -0.000000490. The summed E-state index contributed by atoms with van der Waals surface area (Å²) in [6, 6.07) is 0. The number of rotatable bonds is 20. The van der Waals surface area contributed by atoms with Crippen molar-refractivity contribution in [2.45, 2.75) is 129 Å². The topological polar surface area (TPSA) is 74.6 Å². The van der Waals surface area contributed by atoms with Crippen LogP contribution >= 0.6 is 0 Å². The number of carboxylic acids is 2. The van der Waals surface area contributed by atoms with Gasteiger partial charge in [-0.1, -0.05) is 116 Å². The number of allylic oxidation sites excluding steroid dienone is 2. The molecule has 31 heavy (non-hydrogen) atoms. The molecule has 2 N–H and O–H groups in total. The molecule has 4 nitrogen and oxygen atoms in total. The van der Waals surface area contributed by atoms with Gasteiger partial charge >= 0.3 is 11.9 Å². The average molecular weight is 490 g/mol. The van der Waals surface area contributed by atoms with E-state index in [2.05, 4.69) is 13.8 Å². The number of hydrogen-bond acceptors (Lipinski definition) is 2. The van der Waals surface area contributed by atoms with Crippen molar-refractivity contribution in [3.8, 4) is 0 Å². The molecule has 0 bridgehead atoms. The molecule has 0 aliphatic rings. The van der Waals surface area contributed by atoms with Gasteiger partial charge in [-0.05, 0) is 25.7 Å². The summed E-state index contributed by atoms with van der Waals surface area (Å²) in [5, 5.41) is 16.7. The van der Waals surface area contributed by atoms with Crippen LogP contribution in [-0.2, 0) is 29.1 Å². The molecule has 0 unspecified atom stereocenters. The van der Waals surface area contributed by atoms with Crippen molar-refractivity contribution >= 4 is 11.9 Å². The fourth-order valence-corrected chi connectivity index (χ4v) is 3.16. The molecule has 0 fully saturated rings. The third-order valence-electron chi connectivity index (χ3n) is 4.97. The van der Waals surface area contributed by atoms with Gasteiger partial charge in [-0.15, -0.1) is 0 Å². The molecule has 0 spiro atoms. The number of aliphatic carboxylic acids is 2. The summed E-state index contributed by atoms with van der Waals surface area (Å²) in [6.07, 6.45) is 28.6. The molecule has 0 heterocycles. The molecule has 0 radical (unpaired) electrons. The van der Waals surface area contributed by atoms with Crippen molar-refractivity contribution in [2.75, 3.05) is 0 Å². The Bertz CT molecular complexity index is 393. The molecule has 0 aliphatic heterocycles. The van der Waals surface area contributed by atoms with Crippen LogP contribution in [0.5, 0.6) is 0 Å². The predicted molar refractivity (Wildman–Crippen MR) is 128 cm³/mol. The summed E-state index contributed by atoms with van der Waals surface area (Å²) in [7, 11) is 0. The second-order valence-electron chi connectivity index (χ2n) is 8.01. The minimum Gasteiger partial charge on any atom is -0.478 e. The van der Waals surface area contributed by atoms with E-state index in [-0.39, 0.29) is 19.5 Å². The summed E-state index contributed by atoms with van der Waals surface area (Å²) in [4.78, 5) is 20.3.